The summed E-state index contributed by atoms with van der Waals surface area (Å²) in [7, 11) is -11.3. The zero-order chi connectivity index (χ0) is 26.2. The molecule has 0 bridgehead atoms. The largest absolute Gasteiger partial charge is 0.421 e. The normalized spacial score (nSPS) is 11.8. The van der Waals surface area contributed by atoms with E-state index in [-0.39, 0.29) is 0 Å². The number of hydrogen-bond acceptors (Lipinski definition) is 18. The van der Waals surface area contributed by atoms with E-state index in [0.29, 0.717) is 34.5 Å². The minimum atomic E-state index is -3.78. The molecule has 33 heavy (non-hydrogen) atoms. The van der Waals surface area contributed by atoms with E-state index in [1.54, 1.807) is 41.5 Å². The van der Waals surface area contributed by atoms with Crippen molar-refractivity contribution in [1.82, 2.24) is 0 Å². The third-order valence-electron chi connectivity index (χ3n) is 1.50. The van der Waals surface area contributed by atoms with E-state index < -0.39 is 31.2 Å². The van der Waals surface area contributed by atoms with Gasteiger partial charge in [-0.3, -0.25) is 0 Å². The third-order valence-corrected chi connectivity index (χ3v) is 9.22. The van der Waals surface area contributed by atoms with Crippen molar-refractivity contribution in [3.05, 3.63) is 0 Å². The topological polar surface area (TPSA) is 158 Å². The molecule has 0 aliphatic carbocycles. The van der Waals surface area contributed by atoms with Crippen LogP contribution in [-0.2, 0) is 53.0 Å². The molecule has 0 radical (unpaired) electrons. The van der Waals surface area contributed by atoms with Gasteiger partial charge in [0.05, 0.1) is 0 Å². The summed E-state index contributed by atoms with van der Waals surface area (Å²) in [5, 5.41) is 0. The van der Waals surface area contributed by atoms with Crippen LogP contribution in [0, 0.1) is 0 Å². The molecule has 0 fully saturated rings. The number of rotatable bonds is 18. The van der Waals surface area contributed by atoms with Gasteiger partial charge in [-0.1, -0.05) is 41.5 Å². The second-order valence-corrected chi connectivity index (χ2v) is 14.7. The smallest absolute Gasteiger partial charge is 0.175 e. The monoisotopic (exact) mass is 654 g/mol. The van der Waals surface area contributed by atoms with E-state index in [2.05, 4.69) is 21.8 Å². The molecule has 0 unspecified atom stereocenters. The van der Waals surface area contributed by atoms with Crippen LogP contribution in [0.5, 0.6) is 0 Å². The lowest BCUT2D eigenvalue weighted by atomic mass is 11.0. The maximum Gasteiger partial charge on any atom is 0.421 e. The molecular weight excluding hydrogens is 625 g/mol. The first-order valence-electron chi connectivity index (χ1n) is 8.97. The SMILES string of the molecule is CCSOS(=O)(=O)OSCC.CCSOS(=O)(=O)OSCC.CCSOS(=O)(=O)OSCC. The Balaban J connectivity index is -0.000000409. The Morgan fingerprint density at radius 1 is 0.364 bits per heavy atom. The lowest BCUT2D eigenvalue weighted by Gasteiger charge is -1.99. The minimum Gasteiger partial charge on any atom is -0.175 e. The molecule has 204 valence electrons. The minimum absolute atomic E-state index is 0.569. The molecule has 0 aromatic heterocycles. The van der Waals surface area contributed by atoms with Crippen LogP contribution in [-0.4, -0.2) is 59.8 Å². The van der Waals surface area contributed by atoms with Gasteiger partial charge in [-0.2, -0.15) is 47.0 Å². The van der Waals surface area contributed by atoms with Crippen molar-refractivity contribution in [2.45, 2.75) is 41.5 Å². The molecule has 0 aromatic carbocycles. The lowest BCUT2D eigenvalue weighted by molar-refractivity contribution is 0.435. The summed E-state index contributed by atoms with van der Waals surface area (Å²) in [6.07, 6.45) is 0. The summed E-state index contributed by atoms with van der Waals surface area (Å²) >= 11 is 5.04. The molecule has 0 heterocycles. The van der Waals surface area contributed by atoms with Crippen LogP contribution in [0.25, 0.3) is 0 Å². The van der Waals surface area contributed by atoms with Gasteiger partial charge in [0, 0.05) is 107 Å². The van der Waals surface area contributed by atoms with Crippen molar-refractivity contribution < 1.29 is 47.0 Å². The average molecular weight is 655 g/mol. The Hall–Kier alpha value is 1.71. The molecule has 0 aliphatic rings. The molecule has 0 aliphatic heterocycles. The molecule has 0 saturated carbocycles. The van der Waals surface area contributed by atoms with Gasteiger partial charge in [-0.15, -0.1) is 0 Å². The summed E-state index contributed by atoms with van der Waals surface area (Å²) in [6, 6.07) is 0. The van der Waals surface area contributed by atoms with Crippen LogP contribution in [0.15, 0.2) is 0 Å². The van der Waals surface area contributed by atoms with Gasteiger partial charge in [-0.05, 0) is 0 Å². The Kier molecular flexibility index (Phi) is 30.1. The molecule has 0 rings (SSSR count). The third kappa shape index (κ3) is 33.7. The molecule has 21 heteroatoms. The summed E-state index contributed by atoms with van der Waals surface area (Å²) in [5.74, 6) is 3.41. The van der Waals surface area contributed by atoms with Crippen molar-refractivity contribution in [1.29, 1.82) is 0 Å². The van der Waals surface area contributed by atoms with Crippen molar-refractivity contribution in [2.75, 3.05) is 34.5 Å². The Labute approximate surface area is 225 Å². The van der Waals surface area contributed by atoms with Crippen molar-refractivity contribution >= 4 is 103 Å². The van der Waals surface area contributed by atoms with Crippen LogP contribution in [0.4, 0.5) is 0 Å². The van der Waals surface area contributed by atoms with Crippen molar-refractivity contribution in [3.8, 4) is 0 Å². The van der Waals surface area contributed by atoms with Gasteiger partial charge < -0.3 is 0 Å². The maximum absolute atomic E-state index is 10.7. The first-order valence-corrected chi connectivity index (χ1v) is 18.4. The van der Waals surface area contributed by atoms with Crippen LogP contribution in [0.1, 0.15) is 41.5 Å². The quantitative estimate of drug-likeness (QED) is 0.185. The van der Waals surface area contributed by atoms with Gasteiger partial charge >= 0.3 is 31.2 Å². The fourth-order valence-corrected chi connectivity index (χ4v) is 6.70. The molecule has 0 N–H and O–H groups in total. The first kappa shape index (κ1) is 39.2. The van der Waals surface area contributed by atoms with E-state index in [1.807, 2.05) is 0 Å². The summed E-state index contributed by atoms with van der Waals surface area (Å²) in [5.41, 5.74) is 0. The first-order chi connectivity index (χ1) is 15.4. The molecule has 0 amide bonds. The summed E-state index contributed by atoms with van der Waals surface area (Å²) in [6.45, 7) is 10.7. The van der Waals surface area contributed by atoms with E-state index in [9.17, 15) is 25.3 Å². The van der Waals surface area contributed by atoms with E-state index in [4.69, 9.17) is 0 Å². The van der Waals surface area contributed by atoms with E-state index >= 15 is 0 Å². The van der Waals surface area contributed by atoms with Gasteiger partial charge in [0.15, 0.2) is 0 Å². The van der Waals surface area contributed by atoms with Crippen LogP contribution in [0.3, 0.4) is 0 Å². The van der Waals surface area contributed by atoms with Gasteiger partial charge in [-0.25, -0.2) is 0 Å². The average Bonchev–Trinajstić information content (AvgIpc) is 2.77. The zero-order valence-corrected chi connectivity index (χ0v) is 26.2. The van der Waals surface area contributed by atoms with E-state index in [1.165, 1.54) is 0 Å². The fraction of sp³-hybridized carbons (Fsp3) is 1.00. The molecule has 0 atom stereocenters. The number of hydrogen-bond donors (Lipinski definition) is 0. The Morgan fingerprint density at radius 2 is 0.485 bits per heavy atom. The predicted molar refractivity (Wildman–Crippen MR) is 142 cm³/mol. The Bertz CT molecular complexity index is 585. The van der Waals surface area contributed by atoms with Crippen molar-refractivity contribution in [2.24, 2.45) is 0 Å². The van der Waals surface area contributed by atoms with Gasteiger partial charge in [0.25, 0.3) is 0 Å². The van der Waals surface area contributed by atoms with Crippen LogP contribution >= 0.6 is 72.3 Å². The molecular formula is C12H30O12S9. The highest BCUT2D eigenvalue weighted by Crippen LogP contribution is 2.16. The lowest BCUT2D eigenvalue weighted by Crippen LogP contribution is -2.01. The standard InChI is InChI=1S/3C4H10O4S3/c3*1-3-9-7-11(5,6)8-10-4-2/h3*3-4H2,1-2H3. The van der Waals surface area contributed by atoms with Crippen molar-refractivity contribution in [3.63, 3.8) is 0 Å². The second kappa shape index (κ2) is 25.4. The Morgan fingerprint density at radius 3 is 0.576 bits per heavy atom. The van der Waals surface area contributed by atoms with E-state index in [0.717, 1.165) is 72.3 Å². The van der Waals surface area contributed by atoms with Crippen LogP contribution in [0.2, 0.25) is 0 Å². The van der Waals surface area contributed by atoms with Gasteiger partial charge in [0.2, 0.25) is 0 Å². The predicted octanol–water partition coefficient (Wildman–Crippen LogP) is 4.80. The fourth-order valence-electron chi connectivity index (χ4n) is 0.676. The highest BCUT2D eigenvalue weighted by Gasteiger charge is 2.13. The highest BCUT2D eigenvalue weighted by molar-refractivity contribution is 8.09. The van der Waals surface area contributed by atoms with Crippen LogP contribution < -0.4 is 0 Å². The summed E-state index contributed by atoms with van der Waals surface area (Å²) in [4.78, 5) is 0. The molecule has 0 spiro atoms. The zero-order valence-electron chi connectivity index (χ0n) is 18.8. The highest BCUT2D eigenvalue weighted by atomic mass is 32.3. The summed E-state index contributed by atoms with van der Waals surface area (Å²) < 4.78 is 89.9. The molecule has 0 aromatic rings. The molecule has 12 nitrogen and oxygen atoms in total. The van der Waals surface area contributed by atoms with Gasteiger partial charge in [0.1, 0.15) is 0 Å². The maximum atomic E-state index is 10.7. The molecule has 0 saturated heterocycles. The second-order valence-electron chi connectivity index (χ2n) is 4.07.